The van der Waals surface area contributed by atoms with Gasteiger partial charge in [-0.3, -0.25) is 9.59 Å². The van der Waals surface area contributed by atoms with Gasteiger partial charge in [0.15, 0.2) is 5.66 Å². The Morgan fingerprint density at radius 3 is 1.44 bits per heavy atom. The number of aliphatic carboxylic acids is 2. The van der Waals surface area contributed by atoms with Crippen molar-refractivity contribution in [2.75, 3.05) is 0 Å². The van der Waals surface area contributed by atoms with E-state index in [1.54, 1.807) is 9.24 Å². The summed E-state index contributed by atoms with van der Waals surface area (Å²) in [5, 5.41) is 15.9. The molecule has 0 aliphatic rings. The van der Waals surface area contributed by atoms with Crippen molar-refractivity contribution in [2.24, 2.45) is 0 Å². The van der Waals surface area contributed by atoms with Gasteiger partial charge in [-0.15, -0.1) is 21.6 Å². The van der Waals surface area contributed by atoms with Gasteiger partial charge in [-0.05, 0) is 0 Å². The van der Waals surface area contributed by atoms with Crippen LogP contribution in [0.4, 0.5) is 0 Å². The first-order chi connectivity index (χ1) is 3.55. The predicted octanol–water partition coefficient (Wildman–Crippen LogP) is -0.179. The van der Waals surface area contributed by atoms with Crippen molar-refractivity contribution in [3.8, 4) is 0 Å². The van der Waals surface area contributed by atoms with Crippen LogP contribution in [0.3, 0.4) is 0 Å². The minimum Gasteiger partial charge on any atom is -0.480 e. The molecule has 1 atom stereocenters. The van der Waals surface area contributed by atoms with Gasteiger partial charge in [-0.2, -0.15) is 0 Å². The van der Waals surface area contributed by atoms with Gasteiger partial charge in [0.25, 0.3) is 0 Å². The maximum atomic E-state index is 9.74. The number of carbonyl (C=O) groups is 2. The first-order valence-corrected chi connectivity index (χ1v) is 2.43. The highest BCUT2D eigenvalue weighted by molar-refractivity contribution is 7.21. The molecule has 0 amide bonds. The highest BCUT2D eigenvalue weighted by Gasteiger charge is 2.18. The zero-order valence-electron chi connectivity index (χ0n) is 4.27. The Morgan fingerprint density at radius 1 is 1.22 bits per heavy atom. The summed E-state index contributed by atoms with van der Waals surface area (Å²) < 4.78 is 0. The average molecular weight is 173 g/mol. The lowest BCUT2D eigenvalue weighted by atomic mass is 10.4. The molecule has 0 saturated heterocycles. The molecule has 9 heavy (non-hydrogen) atoms. The van der Waals surface area contributed by atoms with Crippen LogP contribution in [-0.4, -0.2) is 27.8 Å². The van der Waals surface area contributed by atoms with Crippen LogP contribution < -0.4 is 0 Å². The summed E-state index contributed by atoms with van der Waals surface area (Å²) in [6.07, 6.45) is 0. The van der Waals surface area contributed by atoms with Crippen LogP contribution in [0.2, 0.25) is 0 Å². The first-order valence-electron chi connectivity index (χ1n) is 1.77. The van der Waals surface area contributed by atoms with Crippen LogP contribution in [-0.2, 0) is 9.59 Å². The number of carboxylic acids is 2. The van der Waals surface area contributed by atoms with E-state index in [0.29, 0.717) is 0 Å². The highest BCUT2D eigenvalue weighted by Crippen LogP contribution is 1.97. The van der Waals surface area contributed by atoms with Gasteiger partial charge >= 0.3 is 11.9 Å². The molecule has 0 spiro atoms. The van der Waals surface area contributed by atoms with E-state index >= 15 is 0 Å². The van der Waals surface area contributed by atoms with Crippen LogP contribution >= 0.6 is 21.6 Å². The van der Waals surface area contributed by atoms with Gasteiger partial charge in [-0.1, -0.05) is 0 Å². The number of halogens is 1. The quantitative estimate of drug-likeness (QED) is 0.448. The zero-order valence-corrected chi connectivity index (χ0v) is 6.25. The normalized spacial score (nSPS) is 8.22. The smallest absolute Gasteiger partial charge is 0.321 e. The van der Waals surface area contributed by atoms with Crippen molar-refractivity contribution in [2.45, 2.75) is 5.66 Å². The fraction of sp³-hybridized carbons (Fsp3) is 0.333. The van der Waals surface area contributed by atoms with E-state index in [1.807, 2.05) is 0 Å². The summed E-state index contributed by atoms with van der Waals surface area (Å²) in [5.41, 5.74) is -1.38. The minimum absolute atomic E-state index is 0. The van der Waals surface area contributed by atoms with Gasteiger partial charge in [0.05, 0.1) is 0 Å². The second kappa shape index (κ2) is 4.53. The summed E-state index contributed by atoms with van der Waals surface area (Å²) in [7, 11) is 1.69. The lowest BCUT2D eigenvalue weighted by Gasteiger charge is -1.94. The molecule has 0 bridgehead atoms. The predicted molar refractivity (Wildman–Crippen MR) is 36.0 cm³/mol. The number of hydrogen-bond donors (Lipinski definition) is 2. The largest absolute Gasteiger partial charge is 0.480 e. The van der Waals surface area contributed by atoms with Gasteiger partial charge < -0.3 is 10.2 Å². The number of hydrogen-bond acceptors (Lipinski definition) is 2. The molecule has 0 aromatic rings. The third-order valence-electron chi connectivity index (χ3n) is 0.532. The minimum atomic E-state index is -1.38. The Kier molecular flexibility index (Phi) is 5.77. The maximum Gasteiger partial charge on any atom is 0.321 e. The average Bonchev–Trinajstić information content (AvgIpc) is 1.64. The van der Waals surface area contributed by atoms with Crippen molar-refractivity contribution < 1.29 is 19.8 Å². The number of carboxylic acid groups (broad SMARTS) is 2. The Labute approximate surface area is 59.9 Å². The third-order valence-corrected chi connectivity index (χ3v) is 1.10. The summed E-state index contributed by atoms with van der Waals surface area (Å²) in [4.78, 5) is 19.5. The van der Waals surface area contributed by atoms with E-state index in [9.17, 15) is 9.59 Å². The van der Waals surface area contributed by atoms with E-state index < -0.39 is 17.6 Å². The fourth-order valence-corrected chi connectivity index (χ4v) is 0.106. The third kappa shape index (κ3) is 4.18. The van der Waals surface area contributed by atoms with Crippen molar-refractivity contribution >= 4 is 33.6 Å². The molecule has 0 rings (SSSR count). The Hall–Kier alpha value is -0.340. The molecular weight excluding hydrogens is 166 g/mol. The number of rotatable bonds is 2. The molecule has 2 N–H and O–H groups in total. The van der Waals surface area contributed by atoms with Gasteiger partial charge in [0.2, 0.25) is 0 Å². The Morgan fingerprint density at radius 2 is 1.44 bits per heavy atom. The fourth-order valence-electron chi connectivity index (χ4n) is 0.106. The van der Waals surface area contributed by atoms with Crippen molar-refractivity contribution in [3.63, 3.8) is 0 Å². The first kappa shape index (κ1) is 11.5. The summed E-state index contributed by atoms with van der Waals surface area (Å²) in [6.45, 7) is 0. The molecule has 0 aliphatic heterocycles. The molecule has 0 radical (unpaired) electrons. The van der Waals surface area contributed by atoms with E-state index in [2.05, 4.69) is 0 Å². The van der Waals surface area contributed by atoms with Crippen LogP contribution in [0.25, 0.3) is 0 Å². The molecule has 0 heterocycles. The molecule has 0 aromatic heterocycles. The standard InChI is InChI=1S/C3H5O4P.ClH/c4-2(5)1(8)3(6)7;/h1H,8H2,(H,4,5)(H,6,7);1H. The zero-order chi connectivity index (χ0) is 6.73. The molecule has 0 aromatic carbocycles. The van der Waals surface area contributed by atoms with E-state index in [1.165, 1.54) is 0 Å². The Balaban J connectivity index is 0. The molecule has 54 valence electrons. The summed E-state index contributed by atoms with van der Waals surface area (Å²) >= 11 is 0. The summed E-state index contributed by atoms with van der Waals surface area (Å²) in [6, 6.07) is 0. The van der Waals surface area contributed by atoms with E-state index in [4.69, 9.17) is 10.2 Å². The maximum absolute atomic E-state index is 9.74. The van der Waals surface area contributed by atoms with Crippen molar-refractivity contribution in [1.29, 1.82) is 0 Å². The second-order valence-electron chi connectivity index (χ2n) is 1.15. The molecule has 0 aliphatic carbocycles. The van der Waals surface area contributed by atoms with Crippen LogP contribution in [0.5, 0.6) is 0 Å². The van der Waals surface area contributed by atoms with Crippen molar-refractivity contribution in [1.82, 2.24) is 0 Å². The van der Waals surface area contributed by atoms with Gasteiger partial charge in [-0.25, -0.2) is 0 Å². The second-order valence-corrected chi connectivity index (χ2v) is 1.82. The van der Waals surface area contributed by atoms with Gasteiger partial charge in [0, 0.05) is 0 Å². The molecule has 1 unspecified atom stereocenters. The molecule has 0 fully saturated rings. The monoisotopic (exact) mass is 172 g/mol. The van der Waals surface area contributed by atoms with Crippen LogP contribution in [0, 0.1) is 0 Å². The molecule has 4 nitrogen and oxygen atoms in total. The van der Waals surface area contributed by atoms with E-state index in [-0.39, 0.29) is 12.4 Å². The molecule has 6 heteroatoms. The molecule has 0 saturated carbocycles. The lowest BCUT2D eigenvalue weighted by molar-refractivity contribution is -0.146. The highest BCUT2D eigenvalue weighted by atomic mass is 35.5. The SMILES string of the molecule is Cl.O=C(O)C(P)C(=O)O. The van der Waals surface area contributed by atoms with E-state index in [0.717, 1.165) is 0 Å². The lowest BCUT2D eigenvalue weighted by Crippen LogP contribution is -2.22. The van der Waals surface area contributed by atoms with Gasteiger partial charge in [0.1, 0.15) is 0 Å². The Bertz CT molecular complexity index is 111. The molecular formula is C3H6ClO4P. The van der Waals surface area contributed by atoms with Crippen LogP contribution in [0.15, 0.2) is 0 Å². The summed E-state index contributed by atoms with van der Waals surface area (Å²) in [5.74, 6) is -2.69. The topological polar surface area (TPSA) is 74.6 Å². The van der Waals surface area contributed by atoms with Crippen LogP contribution in [0.1, 0.15) is 0 Å². The van der Waals surface area contributed by atoms with Crippen molar-refractivity contribution in [3.05, 3.63) is 0 Å².